The van der Waals surface area contributed by atoms with E-state index in [2.05, 4.69) is 18.7 Å². The molecule has 0 N–H and O–H groups in total. The van der Waals surface area contributed by atoms with Crippen LogP contribution in [0.1, 0.15) is 39.5 Å². The maximum absolute atomic E-state index is 5.41. The molecule has 2 unspecified atom stereocenters. The van der Waals surface area contributed by atoms with E-state index in [1.807, 2.05) is 0 Å². The van der Waals surface area contributed by atoms with Crippen molar-refractivity contribution in [1.29, 1.82) is 0 Å². The first-order chi connectivity index (χ1) is 8.21. The molecule has 1 rings (SSSR count). The van der Waals surface area contributed by atoms with E-state index < -0.39 is 9.28 Å². The molecule has 0 aromatic heterocycles. The van der Waals surface area contributed by atoms with E-state index in [1.54, 1.807) is 14.2 Å². The first kappa shape index (κ1) is 15.2. The van der Waals surface area contributed by atoms with E-state index in [0.29, 0.717) is 5.92 Å². The highest BCUT2D eigenvalue weighted by atomic mass is 28.3. The van der Waals surface area contributed by atoms with E-state index in [4.69, 9.17) is 8.85 Å². The van der Waals surface area contributed by atoms with Crippen molar-refractivity contribution in [2.75, 3.05) is 27.3 Å². The van der Waals surface area contributed by atoms with Crippen molar-refractivity contribution in [3.05, 3.63) is 0 Å². The summed E-state index contributed by atoms with van der Waals surface area (Å²) in [4.78, 5) is 2.69. The van der Waals surface area contributed by atoms with Gasteiger partial charge in [-0.3, -0.25) is 0 Å². The minimum atomic E-state index is -1.38. The Labute approximate surface area is 108 Å². The molecule has 0 saturated carbocycles. The lowest BCUT2D eigenvalue weighted by molar-refractivity contribution is 0.126. The molecule has 3 nitrogen and oxygen atoms in total. The third-order valence-corrected chi connectivity index (χ3v) is 6.13. The van der Waals surface area contributed by atoms with Crippen molar-refractivity contribution in [2.45, 2.75) is 51.6 Å². The fourth-order valence-electron chi connectivity index (χ4n) is 2.85. The summed E-state index contributed by atoms with van der Waals surface area (Å²) in [5.41, 5.74) is 0. The van der Waals surface area contributed by atoms with Crippen LogP contribution < -0.4 is 0 Å². The van der Waals surface area contributed by atoms with Crippen molar-refractivity contribution in [3.8, 4) is 0 Å². The standard InChI is InChI=1S/C13H29NO2Si/c1-5-13-8-6-7-9-14(13)10-12(2)11-17(15-3)16-4/h12-13,17H,5-11H2,1-4H3. The van der Waals surface area contributed by atoms with Gasteiger partial charge >= 0.3 is 9.28 Å². The summed E-state index contributed by atoms with van der Waals surface area (Å²) in [6.07, 6.45) is 5.47. The van der Waals surface area contributed by atoms with E-state index >= 15 is 0 Å². The zero-order chi connectivity index (χ0) is 12.7. The molecule has 17 heavy (non-hydrogen) atoms. The second-order valence-electron chi connectivity index (χ2n) is 5.29. The van der Waals surface area contributed by atoms with Crippen molar-refractivity contribution < 1.29 is 8.85 Å². The third kappa shape index (κ3) is 5.08. The summed E-state index contributed by atoms with van der Waals surface area (Å²) in [6, 6.07) is 1.94. The Morgan fingerprint density at radius 1 is 1.29 bits per heavy atom. The van der Waals surface area contributed by atoms with E-state index in [1.165, 1.54) is 38.8 Å². The lowest BCUT2D eigenvalue weighted by atomic mass is 9.99. The van der Waals surface area contributed by atoms with Crippen LogP contribution in [-0.4, -0.2) is 47.5 Å². The average molecular weight is 259 g/mol. The van der Waals surface area contributed by atoms with Crippen LogP contribution in [0.15, 0.2) is 0 Å². The predicted octanol–water partition coefficient (Wildman–Crippen LogP) is 2.40. The van der Waals surface area contributed by atoms with Crippen LogP contribution in [0, 0.1) is 5.92 Å². The minimum Gasteiger partial charge on any atom is -0.400 e. The van der Waals surface area contributed by atoms with E-state index in [0.717, 1.165) is 12.1 Å². The van der Waals surface area contributed by atoms with E-state index in [-0.39, 0.29) is 0 Å². The number of hydrogen-bond donors (Lipinski definition) is 0. The first-order valence-electron chi connectivity index (χ1n) is 7.00. The van der Waals surface area contributed by atoms with Gasteiger partial charge in [-0.05, 0) is 37.8 Å². The zero-order valence-electron chi connectivity index (χ0n) is 11.9. The summed E-state index contributed by atoms with van der Waals surface area (Å²) < 4.78 is 10.8. The number of likely N-dealkylation sites (tertiary alicyclic amines) is 1. The minimum absolute atomic E-state index is 0.693. The predicted molar refractivity (Wildman–Crippen MR) is 74.6 cm³/mol. The summed E-state index contributed by atoms with van der Waals surface area (Å²) in [6.45, 7) is 7.15. The molecule has 0 radical (unpaired) electrons. The van der Waals surface area contributed by atoms with Gasteiger partial charge < -0.3 is 13.8 Å². The number of hydrogen-bond acceptors (Lipinski definition) is 3. The average Bonchev–Trinajstić information content (AvgIpc) is 2.36. The molecule has 1 heterocycles. The van der Waals surface area contributed by atoms with Crippen LogP contribution in [0.5, 0.6) is 0 Å². The quantitative estimate of drug-likeness (QED) is 0.655. The van der Waals surface area contributed by atoms with Gasteiger partial charge in [0.25, 0.3) is 0 Å². The highest BCUT2D eigenvalue weighted by Gasteiger charge is 2.24. The maximum atomic E-state index is 5.41. The molecular weight excluding hydrogens is 230 g/mol. The zero-order valence-corrected chi connectivity index (χ0v) is 13.1. The molecule has 0 aliphatic carbocycles. The van der Waals surface area contributed by atoms with Crippen LogP contribution in [-0.2, 0) is 8.85 Å². The van der Waals surface area contributed by atoms with Crippen LogP contribution >= 0.6 is 0 Å². The van der Waals surface area contributed by atoms with Crippen LogP contribution in [0.4, 0.5) is 0 Å². The van der Waals surface area contributed by atoms with Gasteiger partial charge in [-0.2, -0.15) is 0 Å². The largest absolute Gasteiger partial charge is 0.400 e. The van der Waals surface area contributed by atoms with Gasteiger partial charge in [0.1, 0.15) is 0 Å². The SMILES string of the molecule is CCC1CCCCN1CC(C)C[SiH](OC)OC. The van der Waals surface area contributed by atoms with Gasteiger partial charge in [0.2, 0.25) is 0 Å². The molecular formula is C13H29NO2Si. The number of piperidine rings is 1. The van der Waals surface area contributed by atoms with Crippen molar-refractivity contribution >= 4 is 9.28 Å². The van der Waals surface area contributed by atoms with Gasteiger partial charge in [-0.25, -0.2) is 0 Å². The first-order valence-corrected chi connectivity index (χ1v) is 8.76. The third-order valence-electron chi connectivity index (χ3n) is 3.89. The smallest absolute Gasteiger partial charge is 0.321 e. The molecule has 1 fully saturated rings. The van der Waals surface area contributed by atoms with Gasteiger partial charge in [-0.15, -0.1) is 0 Å². The second kappa shape index (κ2) is 8.24. The Morgan fingerprint density at radius 2 is 2.00 bits per heavy atom. The van der Waals surface area contributed by atoms with Gasteiger partial charge in [0, 0.05) is 26.8 Å². The Balaban J connectivity index is 2.35. The maximum Gasteiger partial charge on any atom is 0.321 e. The Morgan fingerprint density at radius 3 is 2.59 bits per heavy atom. The Hall–Kier alpha value is 0.0969. The normalized spacial score (nSPS) is 24.2. The van der Waals surface area contributed by atoms with Crippen molar-refractivity contribution in [3.63, 3.8) is 0 Å². The summed E-state index contributed by atoms with van der Waals surface area (Å²) in [5, 5.41) is 0. The molecule has 1 aliphatic rings. The topological polar surface area (TPSA) is 21.7 Å². The summed E-state index contributed by atoms with van der Waals surface area (Å²) in [7, 11) is 2.18. The molecule has 0 bridgehead atoms. The Bertz CT molecular complexity index is 200. The van der Waals surface area contributed by atoms with Crippen LogP contribution in [0.3, 0.4) is 0 Å². The van der Waals surface area contributed by atoms with Gasteiger partial charge in [-0.1, -0.05) is 20.3 Å². The van der Waals surface area contributed by atoms with Gasteiger partial charge in [0.05, 0.1) is 0 Å². The molecule has 1 saturated heterocycles. The highest BCUT2D eigenvalue weighted by Crippen LogP contribution is 2.22. The molecule has 1 aliphatic heterocycles. The highest BCUT2D eigenvalue weighted by molar-refractivity contribution is 6.44. The van der Waals surface area contributed by atoms with E-state index in [9.17, 15) is 0 Å². The van der Waals surface area contributed by atoms with Crippen LogP contribution in [0.25, 0.3) is 0 Å². The second-order valence-corrected chi connectivity index (χ2v) is 7.57. The fraction of sp³-hybridized carbons (Fsp3) is 1.00. The van der Waals surface area contributed by atoms with Crippen molar-refractivity contribution in [1.82, 2.24) is 4.90 Å². The Kier molecular flexibility index (Phi) is 7.35. The number of rotatable bonds is 7. The monoisotopic (exact) mass is 259 g/mol. The molecule has 4 heteroatoms. The molecule has 102 valence electrons. The lowest BCUT2D eigenvalue weighted by Crippen LogP contribution is -2.42. The molecule has 0 amide bonds. The summed E-state index contributed by atoms with van der Waals surface area (Å²) in [5.74, 6) is 0.693. The molecule has 0 aromatic carbocycles. The molecule has 0 spiro atoms. The lowest BCUT2D eigenvalue weighted by Gasteiger charge is -2.37. The fourth-order valence-corrected chi connectivity index (χ4v) is 4.24. The summed E-state index contributed by atoms with van der Waals surface area (Å²) >= 11 is 0. The number of nitrogens with zero attached hydrogens (tertiary/aromatic N) is 1. The van der Waals surface area contributed by atoms with Crippen LogP contribution in [0.2, 0.25) is 6.04 Å². The van der Waals surface area contributed by atoms with Crippen molar-refractivity contribution in [2.24, 2.45) is 5.92 Å². The molecule has 2 atom stereocenters. The van der Waals surface area contributed by atoms with Gasteiger partial charge in [0.15, 0.2) is 0 Å². The molecule has 0 aromatic rings.